The molecule has 1 spiro atoms. The molecule has 2 aromatic carbocycles. The number of carbonyl (C=O) groups is 2. The van der Waals surface area contributed by atoms with E-state index < -0.39 is 22.2 Å². The van der Waals surface area contributed by atoms with E-state index in [0.29, 0.717) is 43.9 Å². The van der Waals surface area contributed by atoms with Crippen LogP contribution in [0.25, 0.3) is 5.76 Å². The molecule has 1 unspecified atom stereocenters. The molecule has 0 N–H and O–H groups in total. The van der Waals surface area contributed by atoms with Crippen molar-refractivity contribution in [3.05, 3.63) is 101 Å². The molecule has 9 heteroatoms. The molecule has 238 valence electrons. The Bertz CT molecular complexity index is 1590. The minimum atomic E-state index is -1.65. The first kappa shape index (κ1) is 32.6. The number of piperidine rings is 1. The van der Waals surface area contributed by atoms with Gasteiger partial charge in [-0.25, -0.2) is 18.2 Å². The quantitative estimate of drug-likeness (QED) is 0.118. The highest BCUT2D eigenvalue weighted by Gasteiger charge is 2.69. The minimum Gasteiger partial charge on any atom is -0.493 e. The number of hydrogen-bond donors (Lipinski definition) is 0. The Hall–Kier alpha value is -3.79. The number of hydrogen-bond acceptors (Lipinski definition) is 6. The molecule has 1 saturated carbocycles. The summed E-state index contributed by atoms with van der Waals surface area (Å²) in [7, 11) is 1.41. The van der Waals surface area contributed by atoms with Gasteiger partial charge in [0.1, 0.15) is 36.1 Å². The summed E-state index contributed by atoms with van der Waals surface area (Å²) in [6.07, 6.45) is 8.37. The second-order valence-corrected chi connectivity index (χ2v) is 12.7. The van der Waals surface area contributed by atoms with Gasteiger partial charge in [-0.15, -0.1) is 0 Å². The Kier molecular flexibility index (Phi) is 8.83. The van der Waals surface area contributed by atoms with Crippen molar-refractivity contribution in [3.63, 3.8) is 0 Å². The molecule has 0 bridgehead atoms. The van der Waals surface area contributed by atoms with Crippen LogP contribution in [0.1, 0.15) is 58.6 Å². The summed E-state index contributed by atoms with van der Waals surface area (Å²) in [6.45, 7) is 10.1. The van der Waals surface area contributed by atoms with E-state index >= 15 is 0 Å². The van der Waals surface area contributed by atoms with Gasteiger partial charge in [0.2, 0.25) is 11.5 Å². The molecule has 1 atom stereocenters. The number of ketones is 2. The second-order valence-electron chi connectivity index (χ2n) is 12.7. The molecule has 0 aromatic heterocycles. The molecule has 3 aliphatic rings. The lowest BCUT2D eigenvalue weighted by Gasteiger charge is -2.54. The smallest absolute Gasteiger partial charge is 0.242 e. The molecule has 0 amide bonds. The maximum atomic E-state index is 13.9. The lowest BCUT2D eigenvalue weighted by atomic mass is 9.57. The molecule has 2 aromatic rings. The number of ether oxygens (including phenoxy) is 2. The Balaban J connectivity index is 1.49. The van der Waals surface area contributed by atoms with Gasteiger partial charge in [-0.05, 0) is 95.3 Å². The van der Waals surface area contributed by atoms with Crippen molar-refractivity contribution in [1.29, 1.82) is 0 Å². The van der Waals surface area contributed by atoms with E-state index in [1.54, 1.807) is 52.0 Å². The number of allylic oxidation sites excluding steroid dienone is 3. The molecule has 5 rings (SSSR count). The maximum Gasteiger partial charge on any atom is 0.242 e. The number of halogens is 2. The fraction of sp³-hybridized carbons (Fsp3) is 0.417. The number of carbonyl (C=O) groups excluding carboxylic acids is 2. The monoisotopic (exact) mass is 620 g/mol. The summed E-state index contributed by atoms with van der Waals surface area (Å²) in [6, 6.07) is 12.4. The normalized spacial score (nSPS) is 26.2. The van der Waals surface area contributed by atoms with Crippen molar-refractivity contribution < 1.29 is 42.2 Å². The minimum absolute atomic E-state index is 0.278. The third-order valence-corrected chi connectivity index (χ3v) is 9.17. The van der Waals surface area contributed by atoms with Gasteiger partial charge in [-0.2, -0.15) is 4.89 Å². The lowest BCUT2D eigenvalue weighted by Crippen LogP contribution is -2.67. The van der Waals surface area contributed by atoms with E-state index in [1.165, 1.54) is 31.4 Å². The number of benzene rings is 2. The van der Waals surface area contributed by atoms with E-state index in [0.717, 1.165) is 16.8 Å². The van der Waals surface area contributed by atoms with Crippen molar-refractivity contribution in [3.8, 4) is 0 Å². The van der Waals surface area contributed by atoms with Crippen LogP contribution in [0.5, 0.6) is 0 Å². The van der Waals surface area contributed by atoms with Gasteiger partial charge in [0.25, 0.3) is 0 Å². The molecule has 2 fully saturated rings. The zero-order valence-corrected chi connectivity index (χ0v) is 26.6. The molecule has 2 aliphatic heterocycles. The Labute approximate surface area is 262 Å². The first-order chi connectivity index (χ1) is 21.3. The van der Waals surface area contributed by atoms with Crippen LogP contribution < -0.4 is 0 Å². The van der Waals surface area contributed by atoms with E-state index in [9.17, 15) is 18.4 Å². The van der Waals surface area contributed by atoms with Gasteiger partial charge in [-0.3, -0.25) is 9.59 Å². The summed E-state index contributed by atoms with van der Waals surface area (Å²) >= 11 is 0. The van der Waals surface area contributed by atoms with Crippen LogP contribution in [0, 0.1) is 22.5 Å². The lowest BCUT2D eigenvalue weighted by molar-refractivity contribution is -0.561. The first-order valence-corrected chi connectivity index (χ1v) is 15.2. The van der Waals surface area contributed by atoms with Crippen LogP contribution in [-0.2, 0) is 28.8 Å². The summed E-state index contributed by atoms with van der Waals surface area (Å²) in [5.74, 6) is -2.34. The van der Waals surface area contributed by atoms with Gasteiger partial charge in [-0.1, -0.05) is 6.08 Å². The highest BCUT2D eigenvalue weighted by molar-refractivity contribution is 6.19. The third-order valence-electron chi connectivity index (χ3n) is 9.17. The average molecular weight is 621 g/mol. The summed E-state index contributed by atoms with van der Waals surface area (Å²) < 4.78 is 41.1. The SMILES string of the molecule is CCO/C(=C/C=C/C(c1ccc(F)cc1)=[N+]1CCC2(C=C3C(=O)C(C)(C)C(=O)C(C)(C)C3(OC)OO2)CC1)c1ccc(F)cc1. The van der Waals surface area contributed by atoms with Crippen LogP contribution in [0.3, 0.4) is 0 Å². The number of fused-ring (bicyclic) bond motifs is 1. The van der Waals surface area contributed by atoms with E-state index in [4.69, 9.17) is 19.2 Å². The Morgan fingerprint density at radius 2 is 1.49 bits per heavy atom. The Morgan fingerprint density at radius 3 is 2.04 bits per heavy atom. The number of Topliss-reactive ketones (excluding diaryl/α,β-unsaturated/α-hetero) is 2. The summed E-state index contributed by atoms with van der Waals surface area (Å²) in [5, 5.41) is 0. The zero-order chi connectivity index (χ0) is 32.6. The van der Waals surface area contributed by atoms with Crippen LogP contribution in [0.4, 0.5) is 8.78 Å². The Morgan fingerprint density at radius 1 is 0.911 bits per heavy atom. The predicted octanol–water partition coefficient (Wildman–Crippen LogP) is 6.37. The van der Waals surface area contributed by atoms with Crippen molar-refractivity contribution in [2.45, 2.75) is 58.8 Å². The van der Waals surface area contributed by atoms with Crippen LogP contribution in [-0.4, -0.2) is 60.0 Å². The summed E-state index contributed by atoms with van der Waals surface area (Å²) in [5.41, 5.74) is -0.605. The van der Waals surface area contributed by atoms with Crippen molar-refractivity contribution in [2.75, 3.05) is 26.8 Å². The molecule has 2 heterocycles. The maximum absolute atomic E-state index is 13.9. The topological polar surface area (TPSA) is 74.1 Å². The van der Waals surface area contributed by atoms with Crippen molar-refractivity contribution in [1.82, 2.24) is 0 Å². The molecule has 1 saturated heterocycles. The third kappa shape index (κ3) is 5.73. The fourth-order valence-electron chi connectivity index (χ4n) is 6.58. The van der Waals surface area contributed by atoms with Crippen molar-refractivity contribution >= 4 is 23.0 Å². The van der Waals surface area contributed by atoms with Gasteiger partial charge in [0.05, 0.1) is 23.0 Å². The van der Waals surface area contributed by atoms with E-state index in [2.05, 4.69) is 4.58 Å². The van der Waals surface area contributed by atoms with E-state index in [1.807, 2.05) is 31.2 Å². The highest BCUT2D eigenvalue weighted by atomic mass is 19.1. The van der Waals surface area contributed by atoms with Crippen LogP contribution in [0.2, 0.25) is 0 Å². The molecular weight excluding hydrogens is 580 g/mol. The van der Waals surface area contributed by atoms with Gasteiger partial charge < -0.3 is 9.47 Å². The first-order valence-electron chi connectivity index (χ1n) is 15.2. The highest BCUT2D eigenvalue weighted by Crippen LogP contribution is 2.55. The summed E-state index contributed by atoms with van der Waals surface area (Å²) in [4.78, 5) is 39.1. The molecule has 1 aliphatic carbocycles. The second kappa shape index (κ2) is 12.2. The number of rotatable bonds is 7. The molecule has 0 radical (unpaired) electrons. The van der Waals surface area contributed by atoms with E-state index in [-0.39, 0.29) is 23.2 Å². The van der Waals surface area contributed by atoms with Gasteiger partial charge >= 0.3 is 0 Å². The van der Waals surface area contributed by atoms with Gasteiger partial charge in [0.15, 0.2) is 11.6 Å². The fourth-order valence-corrected chi connectivity index (χ4v) is 6.58. The number of methoxy groups -OCH3 is 1. The standard InChI is InChI=1S/C36H40F2NO6/c1-7-43-30(25-13-17-27(38)18-14-25)10-8-9-29(24-11-15-26(37)16-12-24)39-21-19-35(20-22-39)23-28-31(40)33(2,3)32(41)34(4,5)36(28,42-6)45-44-35/h8-18,23H,7,19-22H2,1-6H3/q+1/b9-8+,30-10+,39-29?. The van der Waals surface area contributed by atoms with Gasteiger partial charge in [0, 0.05) is 37.2 Å². The predicted molar refractivity (Wildman–Crippen MR) is 165 cm³/mol. The average Bonchev–Trinajstić information content (AvgIpc) is 3.03. The van der Waals surface area contributed by atoms with Crippen LogP contribution >= 0.6 is 0 Å². The van der Waals surface area contributed by atoms with Crippen LogP contribution in [0.15, 0.2) is 78.4 Å². The largest absolute Gasteiger partial charge is 0.493 e. The zero-order valence-electron chi connectivity index (χ0n) is 26.6. The van der Waals surface area contributed by atoms with Crippen molar-refractivity contribution in [2.24, 2.45) is 10.8 Å². The number of nitrogens with zero attached hydrogens (tertiary/aromatic N) is 1. The molecule has 7 nitrogen and oxygen atoms in total. The molecular formula is C36H40F2NO6+. The molecule has 45 heavy (non-hydrogen) atoms.